The van der Waals surface area contributed by atoms with E-state index < -0.39 is 0 Å². The molecular formula is C12H20N4O. The predicted octanol–water partition coefficient (Wildman–Crippen LogP) is 1.81. The minimum Gasteiger partial charge on any atom is -0.335 e. The van der Waals surface area contributed by atoms with Crippen molar-refractivity contribution >= 4 is 6.01 Å². The van der Waals surface area contributed by atoms with Gasteiger partial charge in [-0.25, -0.2) is 0 Å². The molecule has 2 aliphatic heterocycles. The number of nitrogens with zero attached hydrogens (tertiary/aromatic N) is 3. The summed E-state index contributed by atoms with van der Waals surface area (Å²) in [4.78, 5) is 6.77. The molecule has 1 N–H and O–H groups in total. The first-order valence-electron chi connectivity index (χ1n) is 6.51. The monoisotopic (exact) mass is 236 g/mol. The van der Waals surface area contributed by atoms with Crippen LogP contribution in [0, 0.1) is 6.92 Å². The summed E-state index contributed by atoms with van der Waals surface area (Å²) in [6.07, 6.45) is 6.41. The van der Waals surface area contributed by atoms with E-state index >= 15 is 0 Å². The molecule has 1 aromatic rings. The van der Waals surface area contributed by atoms with Gasteiger partial charge in [-0.2, -0.15) is 4.98 Å². The molecule has 0 saturated carbocycles. The maximum Gasteiger partial charge on any atom is 0.321 e. The van der Waals surface area contributed by atoms with Crippen molar-refractivity contribution in [3.05, 3.63) is 5.82 Å². The molecule has 2 unspecified atom stereocenters. The normalized spacial score (nSPS) is 33.6. The Morgan fingerprint density at radius 3 is 2.59 bits per heavy atom. The van der Waals surface area contributed by atoms with Crippen molar-refractivity contribution in [3.63, 3.8) is 0 Å². The van der Waals surface area contributed by atoms with Gasteiger partial charge in [0.25, 0.3) is 0 Å². The molecule has 5 heteroatoms. The Balaban J connectivity index is 1.66. The van der Waals surface area contributed by atoms with Gasteiger partial charge in [-0.15, -0.1) is 0 Å². The van der Waals surface area contributed by atoms with E-state index in [-0.39, 0.29) is 0 Å². The van der Waals surface area contributed by atoms with Crippen molar-refractivity contribution in [2.24, 2.45) is 0 Å². The van der Waals surface area contributed by atoms with E-state index in [1.807, 2.05) is 6.92 Å². The van der Waals surface area contributed by atoms with Crippen LogP contribution in [0.2, 0.25) is 0 Å². The average Bonchev–Trinajstić information content (AvgIpc) is 2.66. The quantitative estimate of drug-likeness (QED) is 0.848. The summed E-state index contributed by atoms with van der Waals surface area (Å²) in [6.45, 7) is 1.85. The van der Waals surface area contributed by atoms with Gasteiger partial charge >= 0.3 is 6.01 Å². The molecule has 2 aliphatic rings. The van der Waals surface area contributed by atoms with Crippen molar-refractivity contribution in [1.29, 1.82) is 0 Å². The average molecular weight is 236 g/mol. The zero-order chi connectivity index (χ0) is 11.8. The van der Waals surface area contributed by atoms with Crippen LogP contribution in [0.1, 0.15) is 37.9 Å². The van der Waals surface area contributed by atoms with Crippen LogP contribution in [0.25, 0.3) is 0 Å². The van der Waals surface area contributed by atoms with Crippen molar-refractivity contribution in [2.45, 2.75) is 57.2 Å². The van der Waals surface area contributed by atoms with Gasteiger partial charge < -0.3 is 14.7 Å². The fraction of sp³-hybridized carbons (Fsp3) is 0.833. The van der Waals surface area contributed by atoms with Crippen molar-refractivity contribution < 1.29 is 4.52 Å². The Morgan fingerprint density at radius 2 is 2.00 bits per heavy atom. The SMILES string of the molecule is Cc1noc(NC2CC3CCCC(C2)N3C)n1. The highest BCUT2D eigenvalue weighted by Crippen LogP contribution is 2.33. The summed E-state index contributed by atoms with van der Waals surface area (Å²) in [5.74, 6) is 0.695. The van der Waals surface area contributed by atoms with Crippen LogP contribution in [0.4, 0.5) is 6.01 Å². The second-order valence-electron chi connectivity index (χ2n) is 5.36. The number of nitrogens with one attached hydrogen (secondary N) is 1. The standard InChI is InChI=1S/C12H20N4O/c1-8-13-12(17-15-8)14-9-6-10-4-3-5-11(7-9)16(10)2/h9-11H,3-7H2,1-2H3,(H,13,14,15). The Hall–Kier alpha value is -1.10. The first kappa shape index (κ1) is 11.0. The highest BCUT2D eigenvalue weighted by atomic mass is 16.5. The smallest absolute Gasteiger partial charge is 0.321 e. The fourth-order valence-electron chi connectivity index (χ4n) is 3.26. The first-order chi connectivity index (χ1) is 8.22. The minimum absolute atomic E-state index is 0.487. The summed E-state index contributed by atoms with van der Waals surface area (Å²) in [5, 5.41) is 7.19. The Morgan fingerprint density at radius 1 is 1.29 bits per heavy atom. The van der Waals surface area contributed by atoms with Gasteiger partial charge in [-0.3, -0.25) is 0 Å². The number of piperidine rings is 2. The van der Waals surface area contributed by atoms with Crippen LogP contribution in [0.15, 0.2) is 4.52 Å². The number of hydrogen-bond donors (Lipinski definition) is 1. The van der Waals surface area contributed by atoms with Gasteiger partial charge in [0.2, 0.25) is 0 Å². The lowest BCUT2D eigenvalue weighted by molar-refractivity contribution is 0.0603. The lowest BCUT2D eigenvalue weighted by atomic mass is 9.82. The number of aromatic nitrogens is 2. The van der Waals surface area contributed by atoms with E-state index in [2.05, 4.69) is 27.4 Å². The van der Waals surface area contributed by atoms with Gasteiger partial charge in [0.1, 0.15) is 0 Å². The Kier molecular flexibility index (Phi) is 2.78. The molecule has 17 heavy (non-hydrogen) atoms. The molecule has 0 radical (unpaired) electrons. The van der Waals surface area contributed by atoms with Crippen LogP contribution in [0.5, 0.6) is 0 Å². The van der Waals surface area contributed by atoms with Gasteiger partial charge in [0.05, 0.1) is 0 Å². The molecule has 5 nitrogen and oxygen atoms in total. The molecule has 0 aromatic carbocycles. The largest absolute Gasteiger partial charge is 0.335 e. The number of aryl methyl sites for hydroxylation is 1. The molecule has 0 amide bonds. The number of anilines is 1. The fourth-order valence-corrected chi connectivity index (χ4v) is 3.26. The molecule has 3 heterocycles. The molecule has 94 valence electrons. The van der Waals surface area contributed by atoms with Gasteiger partial charge in [-0.05, 0) is 39.7 Å². The highest BCUT2D eigenvalue weighted by molar-refractivity contribution is 5.21. The van der Waals surface area contributed by atoms with Crippen molar-refractivity contribution in [3.8, 4) is 0 Å². The Bertz CT molecular complexity index is 378. The zero-order valence-corrected chi connectivity index (χ0v) is 10.5. The molecule has 3 rings (SSSR count). The summed E-state index contributed by atoms with van der Waals surface area (Å²) in [6, 6.07) is 2.52. The van der Waals surface area contributed by atoms with E-state index in [0.29, 0.717) is 17.9 Å². The van der Waals surface area contributed by atoms with E-state index in [4.69, 9.17) is 4.52 Å². The second-order valence-corrected chi connectivity index (χ2v) is 5.36. The Labute approximate surface area is 102 Å². The van der Waals surface area contributed by atoms with Crippen molar-refractivity contribution in [1.82, 2.24) is 15.0 Å². The van der Waals surface area contributed by atoms with Crippen LogP contribution in [-0.4, -0.2) is 40.2 Å². The number of hydrogen-bond acceptors (Lipinski definition) is 5. The van der Waals surface area contributed by atoms with E-state index in [9.17, 15) is 0 Å². The number of rotatable bonds is 2. The van der Waals surface area contributed by atoms with E-state index in [1.54, 1.807) is 0 Å². The second kappa shape index (κ2) is 4.29. The number of fused-ring (bicyclic) bond motifs is 2. The summed E-state index contributed by atoms with van der Waals surface area (Å²) in [7, 11) is 2.27. The third-order valence-electron chi connectivity index (χ3n) is 4.19. The summed E-state index contributed by atoms with van der Waals surface area (Å²) >= 11 is 0. The lowest BCUT2D eigenvalue weighted by Gasteiger charge is -2.47. The lowest BCUT2D eigenvalue weighted by Crippen LogP contribution is -2.52. The van der Waals surface area contributed by atoms with Crippen LogP contribution < -0.4 is 5.32 Å². The minimum atomic E-state index is 0.487. The maximum atomic E-state index is 5.13. The summed E-state index contributed by atoms with van der Waals surface area (Å²) < 4.78 is 5.13. The van der Waals surface area contributed by atoms with Gasteiger partial charge in [0.15, 0.2) is 5.82 Å². The third kappa shape index (κ3) is 2.16. The predicted molar refractivity (Wildman–Crippen MR) is 64.9 cm³/mol. The van der Waals surface area contributed by atoms with Crippen LogP contribution in [0.3, 0.4) is 0 Å². The highest BCUT2D eigenvalue weighted by Gasteiger charge is 2.36. The molecular weight excluding hydrogens is 216 g/mol. The topological polar surface area (TPSA) is 54.2 Å². The molecule has 0 spiro atoms. The third-order valence-corrected chi connectivity index (χ3v) is 4.19. The van der Waals surface area contributed by atoms with E-state index in [1.165, 1.54) is 32.1 Å². The van der Waals surface area contributed by atoms with Crippen molar-refractivity contribution in [2.75, 3.05) is 12.4 Å². The van der Waals surface area contributed by atoms with Gasteiger partial charge in [-0.1, -0.05) is 11.6 Å². The molecule has 2 fully saturated rings. The zero-order valence-electron chi connectivity index (χ0n) is 10.5. The van der Waals surface area contributed by atoms with Gasteiger partial charge in [0, 0.05) is 18.1 Å². The molecule has 2 bridgehead atoms. The first-order valence-corrected chi connectivity index (χ1v) is 6.51. The molecule has 2 atom stereocenters. The molecule has 2 saturated heterocycles. The van der Waals surface area contributed by atoms with Crippen LogP contribution >= 0.6 is 0 Å². The van der Waals surface area contributed by atoms with E-state index in [0.717, 1.165) is 12.1 Å². The molecule has 1 aromatic heterocycles. The van der Waals surface area contributed by atoms with Crippen LogP contribution in [-0.2, 0) is 0 Å². The maximum absolute atomic E-state index is 5.13. The molecule has 0 aliphatic carbocycles. The summed E-state index contributed by atoms with van der Waals surface area (Å²) in [5.41, 5.74) is 0.